The van der Waals surface area contributed by atoms with Crippen LogP contribution in [0.3, 0.4) is 0 Å². The molecule has 88 valence electrons. The van der Waals surface area contributed by atoms with Crippen molar-refractivity contribution in [1.82, 2.24) is 14.9 Å². The van der Waals surface area contributed by atoms with E-state index < -0.39 is 0 Å². The zero-order valence-electron chi connectivity index (χ0n) is 9.40. The van der Waals surface area contributed by atoms with Crippen molar-refractivity contribution in [2.75, 3.05) is 26.7 Å². The molecule has 16 heavy (non-hydrogen) atoms. The highest BCUT2D eigenvalue weighted by molar-refractivity contribution is 6.29. The molecule has 2 rings (SSSR count). The van der Waals surface area contributed by atoms with E-state index in [0.717, 1.165) is 19.7 Å². The maximum absolute atomic E-state index is 5.64. The lowest BCUT2D eigenvalue weighted by atomic mass is 9.98. The van der Waals surface area contributed by atoms with E-state index in [9.17, 15) is 0 Å². The third-order valence-corrected chi connectivity index (χ3v) is 3.10. The Morgan fingerprint density at radius 1 is 1.38 bits per heavy atom. The average Bonchev–Trinajstić information content (AvgIpc) is 2.30. The van der Waals surface area contributed by atoms with Crippen LogP contribution in [0.2, 0.25) is 5.15 Å². The van der Waals surface area contributed by atoms with Crippen molar-refractivity contribution in [3.8, 4) is 5.88 Å². The molecule has 2 heterocycles. The number of piperidine rings is 1. The molecule has 1 saturated heterocycles. The number of nitrogens with zero attached hydrogens (tertiary/aromatic N) is 3. The normalized spacial score (nSPS) is 18.6. The van der Waals surface area contributed by atoms with Gasteiger partial charge in [0.2, 0.25) is 5.88 Å². The lowest BCUT2D eigenvalue weighted by Gasteiger charge is -2.28. The zero-order valence-corrected chi connectivity index (χ0v) is 10.2. The van der Waals surface area contributed by atoms with Gasteiger partial charge in [-0.2, -0.15) is 0 Å². The Morgan fingerprint density at radius 2 is 2.12 bits per heavy atom. The molecule has 1 fully saturated rings. The minimum Gasteiger partial charge on any atom is -0.476 e. The molecular formula is C11H16ClN3O. The second-order valence-corrected chi connectivity index (χ2v) is 4.62. The Morgan fingerprint density at radius 3 is 2.75 bits per heavy atom. The van der Waals surface area contributed by atoms with E-state index in [1.807, 2.05) is 0 Å². The SMILES string of the molecule is CN1CCC(COc2cnc(Cl)cn2)CC1. The smallest absolute Gasteiger partial charge is 0.232 e. The predicted molar refractivity (Wildman–Crippen MR) is 62.8 cm³/mol. The number of ether oxygens (including phenoxy) is 1. The monoisotopic (exact) mass is 241 g/mol. The van der Waals surface area contributed by atoms with E-state index in [4.69, 9.17) is 16.3 Å². The lowest BCUT2D eigenvalue weighted by Crippen LogP contribution is -2.32. The minimum absolute atomic E-state index is 0.395. The highest BCUT2D eigenvalue weighted by Crippen LogP contribution is 2.17. The van der Waals surface area contributed by atoms with Gasteiger partial charge in [0.25, 0.3) is 0 Å². The summed E-state index contributed by atoms with van der Waals surface area (Å²) in [5.41, 5.74) is 0. The van der Waals surface area contributed by atoms with E-state index in [1.165, 1.54) is 19.0 Å². The highest BCUT2D eigenvalue weighted by Gasteiger charge is 2.17. The number of hydrogen-bond acceptors (Lipinski definition) is 4. The minimum atomic E-state index is 0.395. The molecule has 0 atom stereocenters. The average molecular weight is 242 g/mol. The van der Waals surface area contributed by atoms with E-state index in [1.54, 1.807) is 6.20 Å². The van der Waals surface area contributed by atoms with Crippen LogP contribution in [-0.4, -0.2) is 41.6 Å². The van der Waals surface area contributed by atoms with Crippen molar-refractivity contribution >= 4 is 11.6 Å². The summed E-state index contributed by atoms with van der Waals surface area (Å²) in [7, 11) is 2.15. The van der Waals surface area contributed by atoms with Gasteiger partial charge in [-0.25, -0.2) is 9.97 Å². The first-order valence-electron chi connectivity index (χ1n) is 5.53. The van der Waals surface area contributed by atoms with Crippen LogP contribution in [0.4, 0.5) is 0 Å². The van der Waals surface area contributed by atoms with E-state index in [0.29, 0.717) is 17.0 Å². The molecule has 1 aromatic heterocycles. The Balaban J connectivity index is 1.77. The van der Waals surface area contributed by atoms with Gasteiger partial charge in [-0.15, -0.1) is 0 Å². The van der Waals surface area contributed by atoms with Crippen LogP contribution >= 0.6 is 11.6 Å². The maximum atomic E-state index is 5.64. The second kappa shape index (κ2) is 5.46. The van der Waals surface area contributed by atoms with Gasteiger partial charge in [-0.05, 0) is 38.9 Å². The molecule has 0 radical (unpaired) electrons. The topological polar surface area (TPSA) is 38.2 Å². The first kappa shape index (κ1) is 11.6. The van der Waals surface area contributed by atoms with Gasteiger partial charge in [0.1, 0.15) is 5.15 Å². The summed E-state index contributed by atoms with van der Waals surface area (Å²) in [6, 6.07) is 0. The van der Waals surface area contributed by atoms with Gasteiger partial charge in [0, 0.05) is 0 Å². The summed E-state index contributed by atoms with van der Waals surface area (Å²) >= 11 is 5.64. The van der Waals surface area contributed by atoms with Crippen molar-refractivity contribution < 1.29 is 4.74 Å². The molecule has 0 aromatic carbocycles. The number of aromatic nitrogens is 2. The van der Waals surface area contributed by atoms with Gasteiger partial charge < -0.3 is 9.64 Å². The molecule has 1 aliphatic heterocycles. The van der Waals surface area contributed by atoms with Crippen LogP contribution in [0.25, 0.3) is 0 Å². The molecule has 0 spiro atoms. The standard InChI is InChI=1S/C11H16ClN3O/c1-15-4-2-9(3-5-15)8-16-11-7-13-10(12)6-14-11/h6-7,9H,2-5,8H2,1H3. The van der Waals surface area contributed by atoms with Gasteiger partial charge >= 0.3 is 0 Å². The first-order valence-corrected chi connectivity index (χ1v) is 5.91. The lowest BCUT2D eigenvalue weighted by molar-refractivity contribution is 0.156. The summed E-state index contributed by atoms with van der Waals surface area (Å²) < 4.78 is 5.58. The molecule has 0 N–H and O–H groups in total. The highest BCUT2D eigenvalue weighted by atomic mass is 35.5. The van der Waals surface area contributed by atoms with Crippen LogP contribution in [0.15, 0.2) is 12.4 Å². The summed E-state index contributed by atoms with van der Waals surface area (Å²) in [5.74, 6) is 1.19. The van der Waals surface area contributed by atoms with Gasteiger partial charge in [0.15, 0.2) is 0 Å². The summed E-state index contributed by atoms with van der Waals surface area (Å²) in [4.78, 5) is 10.3. The number of hydrogen-bond donors (Lipinski definition) is 0. The molecule has 0 unspecified atom stereocenters. The van der Waals surface area contributed by atoms with Crippen LogP contribution in [0, 0.1) is 5.92 Å². The summed E-state index contributed by atoms with van der Waals surface area (Å²) in [5, 5.41) is 0.395. The van der Waals surface area contributed by atoms with E-state index >= 15 is 0 Å². The molecule has 0 saturated carbocycles. The fourth-order valence-corrected chi connectivity index (χ4v) is 1.90. The molecule has 0 bridgehead atoms. The first-order chi connectivity index (χ1) is 7.74. The second-order valence-electron chi connectivity index (χ2n) is 4.24. The van der Waals surface area contributed by atoms with E-state index in [2.05, 4.69) is 21.9 Å². The third-order valence-electron chi connectivity index (χ3n) is 2.90. The van der Waals surface area contributed by atoms with Crippen LogP contribution in [0.5, 0.6) is 5.88 Å². The Bertz CT molecular complexity index is 323. The number of halogens is 1. The van der Waals surface area contributed by atoms with Gasteiger partial charge in [0.05, 0.1) is 19.0 Å². The van der Waals surface area contributed by atoms with E-state index in [-0.39, 0.29) is 0 Å². The summed E-state index contributed by atoms with van der Waals surface area (Å²) in [6.07, 6.45) is 5.46. The molecule has 0 aliphatic carbocycles. The quantitative estimate of drug-likeness (QED) is 0.810. The molecular weight excluding hydrogens is 226 g/mol. The zero-order chi connectivity index (χ0) is 11.4. The van der Waals surface area contributed by atoms with Gasteiger partial charge in [-0.1, -0.05) is 11.6 Å². The van der Waals surface area contributed by atoms with Gasteiger partial charge in [-0.3, -0.25) is 0 Å². The molecule has 4 nitrogen and oxygen atoms in total. The van der Waals surface area contributed by atoms with Crippen molar-refractivity contribution in [3.63, 3.8) is 0 Å². The molecule has 0 amide bonds. The number of likely N-dealkylation sites (tertiary alicyclic amines) is 1. The predicted octanol–water partition coefficient (Wildman–Crippen LogP) is 1.85. The fourth-order valence-electron chi connectivity index (χ4n) is 1.81. The number of rotatable bonds is 3. The Kier molecular flexibility index (Phi) is 3.96. The Hall–Kier alpha value is -0.870. The van der Waals surface area contributed by atoms with Crippen LogP contribution < -0.4 is 4.74 Å². The maximum Gasteiger partial charge on any atom is 0.232 e. The van der Waals surface area contributed by atoms with Crippen LogP contribution in [0.1, 0.15) is 12.8 Å². The Labute approximate surface area is 101 Å². The largest absolute Gasteiger partial charge is 0.476 e. The van der Waals surface area contributed by atoms with Crippen molar-refractivity contribution in [2.24, 2.45) is 5.92 Å². The molecule has 1 aromatic rings. The van der Waals surface area contributed by atoms with Crippen molar-refractivity contribution in [2.45, 2.75) is 12.8 Å². The third kappa shape index (κ3) is 3.32. The van der Waals surface area contributed by atoms with Crippen molar-refractivity contribution in [3.05, 3.63) is 17.5 Å². The van der Waals surface area contributed by atoms with Crippen LogP contribution in [-0.2, 0) is 0 Å². The van der Waals surface area contributed by atoms with Crippen molar-refractivity contribution in [1.29, 1.82) is 0 Å². The molecule has 5 heteroatoms. The fraction of sp³-hybridized carbons (Fsp3) is 0.636. The molecule has 1 aliphatic rings. The summed E-state index contributed by atoms with van der Waals surface area (Å²) in [6.45, 7) is 3.03.